The fraction of sp³-hybridized carbons (Fsp3) is 0.917. The first kappa shape index (κ1) is 16.6. The summed E-state index contributed by atoms with van der Waals surface area (Å²) in [6.45, 7) is 0.610. The molecule has 122 valence electrons. The molecule has 0 aromatic carbocycles. The Morgan fingerprint density at radius 2 is 1.90 bits per heavy atom. The highest BCUT2D eigenvalue weighted by Crippen LogP contribution is 2.29. The summed E-state index contributed by atoms with van der Waals surface area (Å²) in [4.78, 5) is 16.1. The standard InChI is InChI=1S/C12H21NO8/c14-8-6-18-12-9(7-19-11(8)12)21-10(15)4-2-1-3-5-20-13(16)17/h8-9,11-12,14,16-17H,1-7H2/t8-,9-,11-,12-/m1/s1. The summed E-state index contributed by atoms with van der Waals surface area (Å²) in [5, 5.41) is 25.8. The molecule has 4 atom stereocenters. The Hall–Kier alpha value is -0.810. The molecule has 2 heterocycles. The van der Waals surface area contributed by atoms with E-state index in [0.717, 1.165) is 0 Å². The highest BCUT2D eigenvalue weighted by atomic mass is 17.1. The molecule has 0 unspecified atom stereocenters. The molecule has 21 heavy (non-hydrogen) atoms. The number of carbonyl (C=O) groups excluding carboxylic acids is 1. The van der Waals surface area contributed by atoms with Gasteiger partial charge in [-0.3, -0.25) is 20.0 Å². The van der Waals surface area contributed by atoms with E-state index in [9.17, 15) is 9.90 Å². The van der Waals surface area contributed by atoms with Gasteiger partial charge >= 0.3 is 5.97 Å². The Labute approximate surface area is 121 Å². The van der Waals surface area contributed by atoms with Crippen LogP contribution in [0.25, 0.3) is 0 Å². The van der Waals surface area contributed by atoms with Crippen LogP contribution in [0.2, 0.25) is 0 Å². The minimum absolute atomic E-state index is 0.161. The van der Waals surface area contributed by atoms with Crippen LogP contribution in [0.5, 0.6) is 0 Å². The van der Waals surface area contributed by atoms with Gasteiger partial charge in [-0.05, 0) is 12.8 Å². The van der Waals surface area contributed by atoms with Gasteiger partial charge < -0.3 is 19.3 Å². The summed E-state index contributed by atoms with van der Waals surface area (Å²) in [7, 11) is 0. The summed E-state index contributed by atoms with van der Waals surface area (Å²) < 4.78 is 16.0. The molecule has 2 rings (SSSR count). The number of rotatable bonds is 8. The lowest BCUT2D eigenvalue weighted by molar-refractivity contribution is -0.492. The Balaban J connectivity index is 1.56. The average molecular weight is 307 g/mol. The number of nitrogens with zero attached hydrogens (tertiary/aromatic N) is 1. The molecule has 0 amide bonds. The first-order valence-electron chi connectivity index (χ1n) is 6.99. The fourth-order valence-electron chi connectivity index (χ4n) is 2.47. The van der Waals surface area contributed by atoms with E-state index in [1.54, 1.807) is 0 Å². The van der Waals surface area contributed by atoms with Gasteiger partial charge in [0.05, 0.1) is 25.2 Å². The maximum absolute atomic E-state index is 11.7. The van der Waals surface area contributed by atoms with Crippen LogP contribution in [0.1, 0.15) is 25.7 Å². The predicted octanol–water partition coefficient (Wildman–Crippen LogP) is -0.371. The van der Waals surface area contributed by atoms with Gasteiger partial charge in [0, 0.05) is 6.42 Å². The number of aliphatic hydroxyl groups excluding tert-OH is 1. The van der Waals surface area contributed by atoms with Crippen LogP contribution in [-0.4, -0.2) is 71.1 Å². The molecule has 0 spiro atoms. The highest BCUT2D eigenvalue weighted by Gasteiger charge is 2.48. The molecule has 2 saturated heterocycles. The monoisotopic (exact) mass is 307 g/mol. The molecular formula is C12H21NO8. The van der Waals surface area contributed by atoms with E-state index in [-0.39, 0.29) is 43.7 Å². The highest BCUT2D eigenvalue weighted by molar-refractivity contribution is 5.69. The lowest BCUT2D eigenvalue weighted by Gasteiger charge is -2.16. The molecule has 3 N–H and O–H groups in total. The molecular weight excluding hydrogens is 286 g/mol. The third-order valence-electron chi connectivity index (χ3n) is 3.50. The number of unbranched alkanes of at least 4 members (excludes halogenated alkanes) is 2. The smallest absolute Gasteiger partial charge is 0.306 e. The van der Waals surface area contributed by atoms with Crippen molar-refractivity contribution < 1.29 is 39.4 Å². The van der Waals surface area contributed by atoms with Gasteiger partial charge in [-0.2, -0.15) is 0 Å². The van der Waals surface area contributed by atoms with Crippen molar-refractivity contribution in [2.24, 2.45) is 0 Å². The number of aliphatic hydroxyl groups is 1. The van der Waals surface area contributed by atoms with Crippen molar-refractivity contribution in [2.45, 2.75) is 50.1 Å². The molecule has 2 aliphatic rings. The van der Waals surface area contributed by atoms with Crippen molar-refractivity contribution >= 4 is 5.97 Å². The lowest BCUT2D eigenvalue weighted by atomic mass is 10.1. The van der Waals surface area contributed by atoms with Crippen molar-refractivity contribution in [1.29, 1.82) is 0 Å². The largest absolute Gasteiger partial charge is 0.457 e. The third kappa shape index (κ3) is 4.85. The second-order valence-electron chi connectivity index (χ2n) is 5.09. The van der Waals surface area contributed by atoms with Crippen LogP contribution in [0.15, 0.2) is 0 Å². The van der Waals surface area contributed by atoms with E-state index < -0.39 is 18.3 Å². The first-order valence-corrected chi connectivity index (χ1v) is 6.99. The van der Waals surface area contributed by atoms with Crippen LogP contribution in [0, 0.1) is 0 Å². The number of carbonyl (C=O) groups is 1. The minimum Gasteiger partial charge on any atom is -0.457 e. The van der Waals surface area contributed by atoms with E-state index in [0.29, 0.717) is 19.3 Å². The molecule has 0 radical (unpaired) electrons. The van der Waals surface area contributed by atoms with Crippen molar-refractivity contribution in [3.63, 3.8) is 0 Å². The van der Waals surface area contributed by atoms with Crippen molar-refractivity contribution in [3.05, 3.63) is 0 Å². The third-order valence-corrected chi connectivity index (χ3v) is 3.50. The van der Waals surface area contributed by atoms with Crippen molar-refractivity contribution in [2.75, 3.05) is 19.8 Å². The second-order valence-corrected chi connectivity index (χ2v) is 5.09. The topological polar surface area (TPSA) is 118 Å². The van der Waals surface area contributed by atoms with Gasteiger partial charge in [0.2, 0.25) is 0 Å². The molecule has 0 bridgehead atoms. The van der Waals surface area contributed by atoms with Gasteiger partial charge in [0.25, 0.3) is 0 Å². The fourth-order valence-corrected chi connectivity index (χ4v) is 2.47. The summed E-state index contributed by atoms with van der Waals surface area (Å²) in [5.74, 6) is -0.332. The van der Waals surface area contributed by atoms with Crippen LogP contribution in [-0.2, 0) is 23.8 Å². The Morgan fingerprint density at radius 1 is 1.14 bits per heavy atom. The molecule has 0 aliphatic carbocycles. The minimum atomic E-state index is -0.656. The van der Waals surface area contributed by atoms with Crippen molar-refractivity contribution in [1.82, 2.24) is 5.39 Å². The number of fused-ring (bicyclic) bond motifs is 1. The summed E-state index contributed by atoms with van der Waals surface area (Å²) in [6.07, 6.45) is 0.278. The number of hydrogen-bond acceptors (Lipinski definition) is 9. The molecule has 9 heteroatoms. The zero-order valence-corrected chi connectivity index (χ0v) is 11.6. The van der Waals surface area contributed by atoms with Crippen LogP contribution < -0.4 is 0 Å². The quantitative estimate of drug-likeness (QED) is 0.313. The van der Waals surface area contributed by atoms with E-state index >= 15 is 0 Å². The molecule has 9 nitrogen and oxygen atoms in total. The average Bonchev–Trinajstić information content (AvgIpc) is 2.98. The molecule has 2 aliphatic heterocycles. The zero-order valence-electron chi connectivity index (χ0n) is 11.6. The van der Waals surface area contributed by atoms with Gasteiger partial charge in [-0.15, -0.1) is 0 Å². The first-order chi connectivity index (χ1) is 10.1. The van der Waals surface area contributed by atoms with Crippen LogP contribution >= 0.6 is 0 Å². The number of esters is 1. The summed E-state index contributed by atoms with van der Waals surface area (Å²) in [5.41, 5.74) is 0. The molecule has 0 saturated carbocycles. The number of hydrogen-bond donors (Lipinski definition) is 3. The molecule has 2 fully saturated rings. The maximum atomic E-state index is 11.7. The lowest BCUT2D eigenvalue weighted by Crippen LogP contribution is -2.34. The van der Waals surface area contributed by atoms with E-state index in [4.69, 9.17) is 24.6 Å². The van der Waals surface area contributed by atoms with E-state index in [2.05, 4.69) is 4.84 Å². The second kappa shape index (κ2) is 7.99. The summed E-state index contributed by atoms with van der Waals surface area (Å²) in [6, 6.07) is 0. The Bertz CT molecular complexity index is 339. The maximum Gasteiger partial charge on any atom is 0.306 e. The van der Waals surface area contributed by atoms with Gasteiger partial charge in [0.15, 0.2) is 6.10 Å². The Morgan fingerprint density at radius 3 is 2.67 bits per heavy atom. The Kier molecular flexibility index (Phi) is 6.30. The normalized spacial score (nSPS) is 31.6. The van der Waals surface area contributed by atoms with Crippen LogP contribution in [0.3, 0.4) is 0 Å². The van der Waals surface area contributed by atoms with Crippen molar-refractivity contribution in [3.8, 4) is 0 Å². The van der Waals surface area contributed by atoms with E-state index in [1.807, 2.05) is 0 Å². The van der Waals surface area contributed by atoms with E-state index in [1.165, 1.54) is 0 Å². The SMILES string of the molecule is O=C(CCCCCON(O)O)O[C@@H]1CO[C@H]2[C@@H]1OC[C@H]2O. The number of ether oxygens (including phenoxy) is 3. The zero-order chi connectivity index (χ0) is 15.2. The van der Waals surface area contributed by atoms with Crippen LogP contribution in [0.4, 0.5) is 0 Å². The molecule has 0 aromatic heterocycles. The van der Waals surface area contributed by atoms with Gasteiger partial charge in [-0.25, -0.2) is 0 Å². The van der Waals surface area contributed by atoms with Gasteiger partial charge in [-0.1, -0.05) is 6.42 Å². The van der Waals surface area contributed by atoms with Gasteiger partial charge in [0.1, 0.15) is 18.3 Å². The summed E-state index contributed by atoms with van der Waals surface area (Å²) >= 11 is 0. The predicted molar refractivity (Wildman–Crippen MR) is 65.2 cm³/mol. The molecule has 0 aromatic rings.